The number of aromatic nitrogens is 1. The number of ether oxygens (including phenoxy) is 1. The smallest absolute Gasteiger partial charge is 0.257 e. The molecule has 1 atom stereocenters. The van der Waals surface area contributed by atoms with Crippen LogP contribution >= 0.6 is 0 Å². The fraction of sp³-hybridized carbons (Fsp3) is 0.353. The Hall–Kier alpha value is -3.74. The summed E-state index contributed by atoms with van der Waals surface area (Å²) in [6.07, 6.45) is 6.15. The Morgan fingerprint density at radius 1 is 0.875 bits per heavy atom. The van der Waals surface area contributed by atoms with Crippen molar-refractivity contribution in [3.05, 3.63) is 107 Å². The summed E-state index contributed by atoms with van der Waals surface area (Å²) in [5, 5.41) is 11.5. The third-order valence-corrected chi connectivity index (χ3v) is 8.39. The lowest BCUT2D eigenvalue weighted by molar-refractivity contribution is -0.111. The molecule has 3 heterocycles. The molecule has 0 aliphatic carbocycles. The van der Waals surface area contributed by atoms with Crippen molar-refractivity contribution in [3.63, 3.8) is 0 Å². The minimum atomic E-state index is -1.02. The molecule has 2 saturated heterocycles. The van der Waals surface area contributed by atoms with Gasteiger partial charge in [-0.2, -0.15) is 0 Å². The van der Waals surface area contributed by atoms with Gasteiger partial charge in [-0.05, 0) is 43.6 Å². The number of para-hydroxylation sites is 1. The van der Waals surface area contributed by atoms with Gasteiger partial charge in [-0.25, -0.2) is 0 Å². The average Bonchev–Trinajstić information content (AvgIpc) is 3.04. The van der Waals surface area contributed by atoms with Crippen LogP contribution in [-0.4, -0.2) is 47.1 Å². The molecule has 2 aliphatic rings. The summed E-state index contributed by atoms with van der Waals surface area (Å²) in [7, 11) is 0. The zero-order chi connectivity index (χ0) is 27.3. The van der Waals surface area contributed by atoms with Crippen molar-refractivity contribution in [2.45, 2.75) is 50.9 Å². The lowest BCUT2D eigenvalue weighted by atomic mass is 9.89. The van der Waals surface area contributed by atoms with E-state index < -0.39 is 6.29 Å². The lowest BCUT2D eigenvalue weighted by Crippen LogP contribution is -2.39. The fourth-order valence-electron chi connectivity index (χ4n) is 6.20. The number of carbonyl (C=O) groups excluding carboxylic acids is 1. The molecule has 0 saturated carbocycles. The highest BCUT2D eigenvalue weighted by Crippen LogP contribution is 2.36. The number of likely N-dealkylation sites (tertiary alicyclic amines) is 1. The first-order chi connectivity index (χ1) is 19.7. The largest absolute Gasteiger partial charge is 0.370 e. The third-order valence-electron chi connectivity index (χ3n) is 8.39. The molecule has 1 aromatic heterocycles. The Labute approximate surface area is 236 Å². The standard InChI is InChI=1S/C34H37N3O3/c38-33(37-21-17-26(18-22-37)25-11-4-1-5-12-25)30-23-35-31-28(24-40-34(39)27-13-6-2-7-14-27)15-10-16-29(31)32(30)36-19-8-3-9-20-36/h1-2,4-7,10-16,23,26,34,39H,3,8-9,17-22,24H2. The molecule has 0 spiro atoms. The first-order valence-corrected chi connectivity index (χ1v) is 14.5. The van der Waals surface area contributed by atoms with Gasteiger partial charge >= 0.3 is 0 Å². The number of fused-ring (bicyclic) bond motifs is 1. The van der Waals surface area contributed by atoms with E-state index in [1.807, 2.05) is 47.4 Å². The Kier molecular flexibility index (Phi) is 8.07. The molecule has 3 aromatic carbocycles. The van der Waals surface area contributed by atoms with E-state index in [-0.39, 0.29) is 12.5 Å². The molecule has 1 unspecified atom stereocenters. The van der Waals surface area contributed by atoms with Crippen LogP contribution in [0.15, 0.2) is 85.1 Å². The zero-order valence-corrected chi connectivity index (χ0v) is 22.9. The summed E-state index contributed by atoms with van der Waals surface area (Å²) in [4.78, 5) is 23.2. The molecule has 40 heavy (non-hydrogen) atoms. The van der Waals surface area contributed by atoms with Crippen molar-refractivity contribution in [1.29, 1.82) is 0 Å². The molecule has 4 aromatic rings. The molecular formula is C34H37N3O3. The van der Waals surface area contributed by atoms with Gasteiger partial charge in [-0.15, -0.1) is 0 Å². The summed E-state index contributed by atoms with van der Waals surface area (Å²) < 4.78 is 5.85. The van der Waals surface area contributed by atoms with Gasteiger partial charge in [-0.3, -0.25) is 9.78 Å². The second-order valence-corrected chi connectivity index (χ2v) is 10.9. The molecular weight excluding hydrogens is 498 g/mol. The quantitative estimate of drug-likeness (QED) is 0.276. The van der Waals surface area contributed by atoms with Gasteiger partial charge < -0.3 is 19.6 Å². The number of piperidine rings is 2. The van der Waals surface area contributed by atoms with Gasteiger partial charge in [0.25, 0.3) is 5.91 Å². The highest BCUT2D eigenvalue weighted by Gasteiger charge is 2.29. The molecule has 0 radical (unpaired) electrons. The minimum absolute atomic E-state index is 0.0719. The number of benzene rings is 3. The third kappa shape index (κ3) is 5.60. The van der Waals surface area contributed by atoms with Crippen molar-refractivity contribution in [2.75, 3.05) is 31.1 Å². The molecule has 6 rings (SSSR count). The summed E-state index contributed by atoms with van der Waals surface area (Å²) >= 11 is 0. The Balaban J connectivity index is 1.27. The van der Waals surface area contributed by atoms with Crippen LogP contribution in [0.1, 0.15) is 71.4 Å². The molecule has 206 valence electrons. The van der Waals surface area contributed by atoms with Crippen LogP contribution in [-0.2, 0) is 11.3 Å². The predicted molar refractivity (Wildman–Crippen MR) is 158 cm³/mol. The second kappa shape index (κ2) is 12.2. The maximum Gasteiger partial charge on any atom is 0.257 e. The Morgan fingerprint density at radius 2 is 1.57 bits per heavy atom. The highest BCUT2D eigenvalue weighted by atomic mass is 16.6. The number of aliphatic hydroxyl groups is 1. The molecule has 1 N–H and O–H groups in total. The predicted octanol–water partition coefficient (Wildman–Crippen LogP) is 6.45. The molecule has 2 aliphatic heterocycles. The molecule has 2 fully saturated rings. The molecule has 0 bridgehead atoms. The highest BCUT2D eigenvalue weighted by molar-refractivity contribution is 6.08. The van der Waals surface area contributed by atoms with Crippen LogP contribution in [0, 0.1) is 0 Å². The van der Waals surface area contributed by atoms with E-state index in [2.05, 4.69) is 41.3 Å². The van der Waals surface area contributed by atoms with Gasteiger partial charge in [0.1, 0.15) is 0 Å². The number of hydrogen-bond acceptors (Lipinski definition) is 5. The van der Waals surface area contributed by atoms with Crippen LogP contribution in [0.25, 0.3) is 10.9 Å². The van der Waals surface area contributed by atoms with E-state index in [1.54, 1.807) is 6.20 Å². The maximum atomic E-state index is 14.0. The number of hydrogen-bond donors (Lipinski definition) is 1. The number of aliphatic hydroxyl groups excluding tert-OH is 1. The van der Waals surface area contributed by atoms with Crippen molar-refractivity contribution in [1.82, 2.24) is 9.88 Å². The van der Waals surface area contributed by atoms with E-state index in [0.29, 0.717) is 17.0 Å². The topological polar surface area (TPSA) is 65.9 Å². The van der Waals surface area contributed by atoms with Crippen molar-refractivity contribution in [2.24, 2.45) is 0 Å². The van der Waals surface area contributed by atoms with E-state index >= 15 is 0 Å². The van der Waals surface area contributed by atoms with Crippen molar-refractivity contribution < 1.29 is 14.6 Å². The first-order valence-electron chi connectivity index (χ1n) is 14.5. The lowest BCUT2D eigenvalue weighted by Gasteiger charge is -2.35. The maximum absolute atomic E-state index is 14.0. The van der Waals surface area contributed by atoms with Crippen molar-refractivity contribution >= 4 is 22.5 Å². The molecule has 6 nitrogen and oxygen atoms in total. The summed E-state index contributed by atoms with van der Waals surface area (Å²) in [5.41, 5.74) is 5.48. The minimum Gasteiger partial charge on any atom is -0.370 e. The van der Waals surface area contributed by atoms with Crippen molar-refractivity contribution in [3.8, 4) is 0 Å². The Morgan fingerprint density at radius 3 is 2.30 bits per heavy atom. The normalized spacial score (nSPS) is 17.2. The number of carbonyl (C=O) groups is 1. The number of pyridine rings is 1. The summed E-state index contributed by atoms with van der Waals surface area (Å²) in [6, 6.07) is 26.1. The number of nitrogens with zero attached hydrogens (tertiary/aromatic N) is 3. The van der Waals surface area contributed by atoms with Gasteiger partial charge in [0.15, 0.2) is 6.29 Å². The van der Waals surface area contributed by atoms with Gasteiger partial charge in [0.2, 0.25) is 0 Å². The van der Waals surface area contributed by atoms with Crippen LogP contribution in [0.4, 0.5) is 5.69 Å². The fourth-order valence-corrected chi connectivity index (χ4v) is 6.20. The molecule has 6 heteroatoms. The SMILES string of the molecule is O=C(c1cnc2c(COC(O)c3ccccc3)cccc2c1N1CCCCC1)N1CCC(c2ccccc2)CC1. The number of rotatable bonds is 7. The van der Waals surface area contributed by atoms with E-state index in [0.717, 1.165) is 74.0 Å². The van der Waals surface area contributed by atoms with E-state index in [9.17, 15) is 9.90 Å². The molecule has 1 amide bonds. The van der Waals surface area contributed by atoms with Gasteiger partial charge in [0.05, 0.1) is 23.4 Å². The van der Waals surface area contributed by atoms with Crippen LogP contribution < -0.4 is 4.90 Å². The Bertz CT molecular complexity index is 1430. The first kappa shape index (κ1) is 26.5. The van der Waals surface area contributed by atoms with E-state index in [4.69, 9.17) is 9.72 Å². The van der Waals surface area contributed by atoms with Crippen LogP contribution in [0.3, 0.4) is 0 Å². The van der Waals surface area contributed by atoms with E-state index in [1.165, 1.54) is 12.0 Å². The number of anilines is 1. The van der Waals surface area contributed by atoms with Gasteiger partial charge in [-0.1, -0.05) is 78.9 Å². The summed E-state index contributed by atoms with van der Waals surface area (Å²) in [6.45, 7) is 3.59. The number of amides is 1. The van der Waals surface area contributed by atoms with Crippen LogP contribution in [0.2, 0.25) is 0 Å². The second-order valence-electron chi connectivity index (χ2n) is 10.9. The average molecular weight is 536 g/mol. The zero-order valence-electron chi connectivity index (χ0n) is 22.9. The summed E-state index contributed by atoms with van der Waals surface area (Å²) in [5.74, 6) is 0.568. The van der Waals surface area contributed by atoms with Crippen LogP contribution in [0.5, 0.6) is 0 Å². The van der Waals surface area contributed by atoms with Gasteiger partial charge in [0, 0.05) is 48.9 Å². The monoisotopic (exact) mass is 535 g/mol.